The molecular weight excluding hydrogens is 266 g/mol. The molecule has 1 N–H and O–H groups in total. The van der Waals surface area contributed by atoms with Crippen molar-refractivity contribution in [1.82, 2.24) is 0 Å². The summed E-state index contributed by atoms with van der Waals surface area (Å²) in [5, 5.41) is 2.74. The average molecular weight is 279 g/mol. The molecule has 104 valence electrons. The van der Waals surface area contributed by atoms with Gasteiger partial charge in [-0.2, -0.15) is 0 Å². The summed E-state index contributed by atoms with van der Waals surface area (Å²) >= 11 is 0. The molecule has 4 nitrogen and oxygen atoms in total. The van der Waals surface area contributed by atoms with Gasteiger partial charge in [0.25, 0.3) is 5.91 Å². The molecule has 1 aliphatic rings. The zero-order chi connectivity index (χ0) is 14.8. The van der Waals surface area contributed by atoms with Crippen molar-refractivity contribution >= 4 is 23.0 Å². The fourth-order valence-corrected chi connectivity index (χ4v) is 2.25. The molecule has 21 heavy (non-hydrogen) atoms. The molecule has 1 aliphatic heterocycles. The van der Waals surface area contributed by atoms with Gasteiger partial charge in [-0.25, -0.2) is 0 Å². The Bertz CT molecular complexity index is 745. The van der Waals surface area contributed by atoms with Crippen molar-refractivity contribution in [2.24, 2.45) is 0 Å². The van der Waals surface area contributed by atoms with E-state index in [0.29, 0.717) is 16.9 Å². The second-order valence-electron chi connectivity index (χ2n) is 4.65. The van der Waals surface area contributed by atoms with Gasteiger partial charge in [-0.1, -0.05) is 18.2 Å². The van der Waals surface area contributed by atoms with Crippen LogP contribution >= 0.6 is 0 Å². The minimum absolute atomic E-state index is 0.209. The SMILES string of the molecule is COc1ccc(C(=O)/C=C2\C(=O)Nc3ccccc32)cc1. The molecule has 0 atom stereocenters. The zero-order valence-electron chi connectivity index (χ0n) is 11.4. The molecule has 0 radical (unpaired) electrons. The first-order chi connectivity index (χ1) is 10.2. The van der Waals surface area contributed by atoms with Crippen LogP contribution in [-0.2, 0) is 4.79 Å². The highest BCUT2D eigenvalue weighted by Crippen LogP contribution is 2.31. The minimum Gasteiger partial charge on any atom is -0.497 e. The van der Waals surface area contributed by atoms with E-state index >= 15 is 0 Å². The lowest BCUT2D eigenvalue weighted by molar-refractivity contribution is -0.110. The highest BCUT2D eigenvalue weighted by Gasteiger charge is 2.24. The van der Waals surface area contributed by atoms with E-state index in [1.165, 1.54) is 6.08 Å². The minimum atomic E-state index is -0.252. The number of fused-ring (bicyclic) bond motifs is 1. The number of ketones is 1. The molecule has 0 bridgehead atoms. The zero-order valence-corrected chi connectivity index (χ0v) is 11.4. The predicted octanol–water partition coefficient (Wildman–Crippen LogP) is 2.91. The summed E-state index contributed by atoms with van der Waals surface area (Å²) in [6.07, 6.45) is 1.38. The highest BCUT2D eigenvalue weighted by molar-refractivity contribution is 6.35. The van der Waals surface area contributed by atoms with Crippen molar-refractivity contribution < 1.29 is 14.3 Å². The van der Waals surface area contributed by atoms with Crippen LogP contribution in [0.2, 0.25) is 0 Å². The Kier molecular flexibility index (Phi) is 3.28. The third kappa shape index (κ3) is 2.43. The molecule has 0 aromatic heterocycles. The van der Waals surface area contributed by atoms with Gasteiger partial charge < -0.3 is 10.1 Å². The molecule has 0 saturated carbocycles. The van der Waals surface area contributed by atoms with Crippen LogP contribution in [-0.4, -0.2) is 18.8 Å². The molecule has 0 aliphatic carbocycles. The molecule has 4 heteroatoms. The van der Waals surface area contributed by atoms with Crippen LogP contribution in [0, 0.1) is 0 Å². The Labute approximate surface area is 122 Å². The molecule has 1 amide bonds. The van der Waals surface area contributed by atoms with Gasteiger partial charge in [-0.05, 0) is 36.4 Å². The predicted molar refractivity (Wildman–Crippen MR) is 80.4 cm³/mol. The monoisotopic (exact) mass is 279 g/mol. The maximum atomic E-state index is 12.3. The summed E-state index contributed by atoms with van der Waals surface area (Å²) in [5.74, 6) is 0.223. The first-order valence-electron chi connectivity index (χ1n) is 6.50. The lowest BCUT2D eigenvalue weighted by Crippen LogP contribution is -2.06. The fraction of sp³-hybridized carbons (Fsp3) is 0.0588. The van der Waals surface area contributed by atoms with E-state index < -0.39 is 0 Å². The third-order valence-electron chi connectivity index (χ3n) is 3.36. The summed E-state index contributed by atoms with van der Waals surface area (Å²) in [7, 11) is 1.57. The van der Waals surface area contributed by atoms with Crippen LogP contribution in [0.5, 0.6) is 5.75 Å². The third-order valence-corrected chi connectivity index (χ3v) is 3.36. The number of para-hydroxylation sites is 1. The Hall–Kier alpha value is -2.88. The van der Waals surface area contributed by atoms with E-state index in [1.54, 1.807) is 31.4 Å². The number of allylic oxidation sites excluding steroid dienone is 1. The van der Waals surface area contributed by atoms with Gasteiger partial charge in [0.2, 0.25) is 0 Å². The molecule has 0 spiro atoms. The lowest BCUT2D eigenvalue weighted by Gasteiger charge is -2.01. The van der Waals surface area contributed by atoms with Crippen molar-refractivity contribution in [3.05, 3.63) is 65.7 Å². The van der Waals surface area contributed by atoms with Crippen LogP contribution in [0.4, 0.5) is 5.69 Å². The summed E-state index contributed by atoms with van der Waals surface area (Å²) in [4.78, 5) is 24.2. The molecule has 2 aromatic rings. The second kappa shape index (κ2) is 5.25. The summed E-state index contributed by atoms with van der Waals surface area (Å²) < 4.78 is 5.06. The number of amides is 1. The summed E-state index contributed by atoms with van der Waals surface area (Å²) in [6.45, 7) is 0. The normalized spacial score (nSPS) is 14.7. The van der Waals surface area contributed by atoms with Crippen molar-refractivity contribution in [1.29, 1.82) is 0 Å². The van der Waals surface area contributed by atoms with E-state index in [2.05, 4.69) is 5.32 Å². The highest BCUT2D eigenvalue weighted by atomic mass is 16.5. The lowest BCUT2D eigenvalue weighted by atomic mass is 10.0. The van der Waals surface area contributed by atoms with Crippen LogP contribution < -0.4 is 10.1 Å². The van der Waals surface area contributed by atoms with Crippen LogP contribution in [0.25, 0.3) is 5.57 Å². The van der Waals surface area contributed by atoms with Crippen molar-refractivity contribution in [3.63, 3.8) is 0 Å². The van der Waals surface area contributed by atoms with Gasteiger partial charge >= 0.3 is 0 Å². The Morgan fingerprint density at radius 1 is 1.10 bits per heavy atom. The number of methoxy groups -OCH3 is 1. The standard InChI is InChI=1S/C17H13NO3/c1-21-12-8-6-11(7-9-12)16(19)10-14-13-4-2-3-5-15(13)18-17(14)20/h2-10H,1H3,(H,18,20)/b14-10-. The van der Waals surface area contributed by atoms with Gasteiger partial charge in [0.05, 0.1) is 12.7 Å². The molecule has 0 unspecified atom stereocenters. The van der Waals surface area contributed by atoms with Crippen molar-refractivity contribution in [3.8, 4) is 5.75 Å². The number of benzene rings is 2. The fourth-order valence-electron chi connectivity index (χ4n) is 2.25. The van der Waals surface area contributed by atoms with Crippen molar-refractivity contribution in [2.75, 3.05) is 12.4 Å². The number of nitrogens with one attached hydrogen (secondary N) is 1. The van der Waals surface area contributed by atoms with Crippen molar-refractivity contribution in [2.45, 2.75) is 0 Å². The molecule has 0 fully saturated rings. The van der Waals surface area contributed by atoms with Crippen LogP contribution in [0.15, 0.2) is 54.6 Å². The van der Waals surface area contributed by atoms with Gasteiger partial charge in [-0.15, -0.1) is 0 Å². The first kappa shape index (κ1) is 13.1. The number of hydrogen-bond donors (Lipinski definition) is 1. The topological polar surface area (TPSA) is 55.4 Å². The second-order valence-corrected chi connectivity index (χ2v) is 4.65. The van der Waals surface area contributed by atoms with Gasteiger partial charge in [-0.3, -0.25) is 9.59 Å². The Morgan fingerprint density at radius 3 is 2.52 bits per heavy atom. The largest absolute Gasteiger partial charge is 0.497 e. The van der Waals surface area contributed by atoms with E-state index in [9.17, 15) is 9.59 Å². The molecular formula is C17H13NO3. The maximum Gasteiger partial charge on any atom is 0.256 e. The van der Waals surface area contributed by atoms with E-state index in [0.717, 1.165) is 11.3 Å². The average Bonchev–Trinajstić information content (AvgIpc) is 2.83. The molecule has 2 aromatic carbocycles. The number of anilines is 1. The number of carbonyl (C=O) groups excluding carboxylic acids is 2. The number of rotatable bonds is 3. The quantitative estimate of drug-likeness (QED) is 0.694. The smallest absolute Gasteiger partial charge is 0.256 e. The maximum absolute atomic E-state index is 12.3. The van der Waals surface area contributed by atoms with Gasteiger partial charge in [0, 0.05) is 16.8 Å². The van der Waals surface area contributed by atoms with Gasteiger partial charge in [0.1, 0.15) is 5.75 Å². The Balaban J connectivity index is 1.94. The van der Waals surface area contributed by atoms with E-state index in [-0.39, 0.29) is 11.7 Å². The Morgan fingerprint density at radius 2 is 1.81 bits per heavy atom. The molecule has 0 saturated heterocycles. The number of hydrogen-bond acceptors (Lipinski definition) is 3. The first-order valence-corrected chi connectivity index (χ1v) is 6.50. The van der Waals surface area contributed by atoms with Crippen LogP contribution in [0.3, 0.4) is 0 Å². The number of ether oxygens (including phenoxy) is 1. The molecule has 3 rings (SSSR count). The van der Waals surface area contributed by atoms with E-state index in [4.69, 9.17) is 4.74 Å². The number of carbonyl (C=O) groups is 2. The van der Waals surface area contributed by atoms with Gasteiger partial charge in [0.15, 0.2) is 5.78 Å². The van der Waals surface area contributed by atoms with Crippen LogP contribution in [0.1, 0.15) is 15.9 Å². The van der Waals surface area contributed by atoms with E-state index in [1.807, 2.05) is 24.3 Å². The summed E-state index contributed by atoms with van der Waals surface area (Å²) in [5.41, 5.74) is 2.40. The summed E-state index contributed by atoms with van der Waals surface area (Å²) in [6, 6.07) is 14.1. The molecule has 1 heterocycles.